The van der Waals surface area contributed by atoms with Gasteiger partial charge in [-0.3, -0.25) is 10.1 Å². The molecule has 0 aromatic carbocycles. The highest BCUT2D eigenvalue weighted by atomic mass is 32.1. The van der Waals surface area contributed by atoms with Crippen molar-refractivity contribution >= 4 is 28.1 Å². The predicted molar refractivity (Wildman–Crippen MR) is 100.0 cm³/mol. The van der Waals surface area contributed by atoms with Crippen molar-refractivity contribution in [1.29, 1.82) is 5.26 Å². The second kappa shape index (κ2) is 8.31. The number of ether oxygens (including phenoxy) is 1. The molecule has 0 aliphatic heterocycles. The Hall–Kier alpha value is -3.72. The molecule has 0 saturated heterocycles. The van der Waals surface area contributed by atoms with Crippen molar-refractivity contribution in [1.82, 2.24) is 20.0 Å². The number of aryl methyl sites for hydroxylation is 1. The average molecular weight is 401 g/mol. The lowest BCUT2D eigenvalue weighted by Gasteiger charge is -2.09. The summed E-state index contributed by atoms with van der Waals surface area (Å²) in [5.41, 5.74) is 0.298. The number of methoxy groups -OCH3 is 1. The lowest BCUT2D eigenvalue weighted by Crippen LogP contribution is -2.17. The van der Waals surface area contributed by atoms with E-state index in [1.165, 1.54) is 13.2 Å². The van der Waals surface area contributed by atoms with Crippen LogP contribution >= 0.6 is 11.3 Å². The topological polar surface area (TPSA) is 148 Å². The van der Waals surface area contributed by atoms with Gasteiger partial charge in [0.25, 0.3) is 5.91 Å². The highest BCUT2D eigenvalue weighted by Gasteiger charge is 2.19. The minimum atomic E-state index is -0.820. The SMILES string of the molecule is COc1c(NCCC#N)cc(C(=O)Nc2nnc(-n3nccc3C)s2)oc1=O. The molecule has 2 N–H and O–H groups in total. The van der Waals surface area contributed by atoms with Crippen LogP contribution in [0.5, 0.6) is 5.75 Å². The molecular weight excluding hydrogens is 386 g/mol. The number of aromatic nitrogens is 4. The molecule has 0 saturated carbocycles. The lowest BCUT2D eigenvalue weighted by molar-refractivity contribution is 0.0991. The molecule has 0 radical (unpaired) electrons. The molecule has 0 aliphatic carbocycles. The van der Waals surface area contributed by atoms with Crippen molar-refractivity contribution in [2.45, 2.75) is 13.3 Å². The van der Waals surface area contributed by atoms with E-state index in [0.29, 0.717) is 5.13 Å². The number of rotatable bonds is 7. The number of carbonyl (C=O) groups is 1. The smallest absolute Gasteiger partial charge is 0.381 e. The van der Waals surface area contributed by atoms with Crippen molar-refractivity contribution in [2.24, 2.45) is 0 Å². The van der Waals surface area contributed by atoms with E-state index < -0.39 is 11.5 Å². The summed E-state index contributed by atoms with van der Waals surface area (Å²) in [7, 11) is 1.31. The summed E-state index contributed by atoms with van der Waals surface area (Å²) in [6.45, 7) is 2.14. The monoisotopic (exact) mass is 401 g/mol. The highest BCUT2D eigenvalue weighted by molar-refractivity contribution is 7.17. The number of nitrogens with zero attached hydrogens (tertiary/aromatic N) is 5. The van der Waals surface area contributed by atoms with Crippen LogP contribution in [0.1, 0.15) is 22.7 Å². The van der Waals surface area contributed by atoms with Crippen LogP contribution in [0, 0.1) is 18.3 Å². The number of nitriles is 1. The van der Waals surface area contributed by atoms with E-state index >= 15 is 0 Å². The minimum Gasteiger partial charge on any atom is -0.488 e. The van der Waals surface area contributed by atoms with Crippen LogP contribution in [0.3, 0.4) is 0 Å². The molecule has 3 rings (SSSR count). The standard InChI is InChI=1S/C16H15N7O4S/c1-9-4-7-19-23(9)16-22-21-15(28-16)20-13(24)11-8-10(18-6-3-5-17)12(26-2)14(25)27-11/h4,7-8,18H,3,6H2,1-2H3,(H,20,21,24). The van der Waals surface area contributed by atoms with Crippen molar-refractivity contribution in [3.05, 3.63) is 40.2 Å². The van der Waals surface area contributed by atoms with Gasteiger partial charge in [0, 0.05) is 24.5 Å². The Morgan fingerprint density at radius 3 is 2.96 bits per heavy atom. The van der Waals surface area contributed by atoms with Gasteiger partial charge in [-0.2, -0.15) is 10.4 Å². The molecule has 28 heavy (non-hydrogen) atoms. The Labute approximate surface area is 162 Å². The number of amides is 1. The Balaban J connectivity index is 1.81. The van der Waals surface area contributed by atoms with E-state index in [9.17, 15) is 9.59 Å². The van der Waals surface area contributed by atoms with Gasteiger partial charge in [-0.1, -0.05) is 11.3 Å². The van der Waals surface area contributed by atoms with Crippen LogP contribution < -0.4 is 21.0 Å². The summed E-state index contributed by atoms with van der Waals surface area (Å²) in [6, 6.07) is 5.11. The molecular formula is C16H15N7O4S. The molecule has 0 unspecified atom stereocenters. The van der Waals surface area contributed by atoms with Gasteiger partial charge in [0.1, 0.15) is 0 Å². The Kier molecular flexibility index (Phi) is 5.66. The predicted octanol–water partition coefficient (Wildman–Crippen LogP) is 1.57. The maximum atomic E-state index is 12.5. The van der Waals surface area contributed by atoms with E-state index in [4.69, 9.17) is 14.4 Å². The Bertz CT molecular complexity index is 1100. The van der Waals surface area contributed by atoms with Crippen LogP contribution in [0.2, 0.25) is 0 Å². The number of nitrogens with one attached hydrogen (secondary N) is 2. The molecule has 0 aliphatic rings. The summed E-state index contributed by atoms with van der Waals surface area (Å²) in [5, 5.41) is 26.7. The van der Waals surface area contributed by atoms with E-state index in [2.05, 4.69) is 25.9 Å². The fraction of sp³-hybridized carbons (Fsp3) is 0.250. The number of anilines is 2. The first-order chi connectivity index (χ1) is 13.5. The fourth-order valence-corrected chi connectivity index (χ4v) is 3.01. The van der Waals surface area contributed by atoms with Crippen LogP contribution in [0.4, 0.5) is 10.8 Å². The zero-order valence-corrected chi connectivity index (χ0v) is 15.7. The van der Waals surface area contributed by atoms with Gasteiger partial charge in [-0.05, 0) is 13.0 Å². The van der Waals surface area contributed by atoms with Crippen molar-refractivity contribution < 1.29 is 13.9 Å². The third-order valence-corrected chi connectivity index (χ3v) is 4.35. The summed E-state index contributed by atoms with van der Waals surface area (Å²) >= 11 is 1.11. The Morgan fingerprint density at radius 1 is 1.46 bits per heavy atom. The molecule has 0 spiro atoms. The van der Waals surface area contributed by atoms with Crippen LogP contribution in [-0.4, -0.2) is 39.5 Å². The molecule has 144 valence electrons. The summed E-state index contributed by atoms with van der Waals surface area (Å²) in [5.74, 6) is -0.998. The maximum absolute atomic E-state index is 12.5. The molecule has 0 atom stereocenters. The maximum Gasteiger partial charge on any atom is 0.381 e. The average Bonchev–Trinajstić information content (AvgIpc) is 3.30. The summed E-state index contributed by atoms with van der Waals surface area (Å²) < 4.78 is 11.6. The van der Waals surface area contributed by atoms with Gasteiger partial charge in [-0.25, -0.2) is 9.48 Å². The van der Waals surface area contributed by atoms with E-state index in [1.54, 1.807) is 10.9 Å². The molecule has 0 fully saturated rings. The molecule has 3 aromatic heterocycles. The fourth-order valence-electron chi connectivity index (χ4n) is 2.25. The summed E-state index contributed by atoms with van der Waals surface area (Å²) in [6.07, 6.45) is 1.84. The third-order valence-electron chi connectivity index (χ3n) is 3.54. The van der Waals surface area contributed by atoms with E-state index in [1.807, 2.05) is 19.1 Å². The van der Waals surface area contributed by atoms with Gasteiger partial charge in [0.2, 0.25) is 16.0 Å². The first kappa shape index (κ1) is 19.1. The largest absolute Gasteiger partial charge is 0.488 e. The van der Waals surface area contributed by atoms with Gasteiger partial charge in [0.15, 0.2) is 5.76 Å². The van der Waals surface area contributed by atoms with Crippen molar-refractivity contribution in [3.63, 3.8) is 0 Å². The minimum absolute atomic E-state index is 0.0816. The molecule has 1 amide bonds. The van der Waals surface area contributed by atoms with E-state index in [0.717, 1.165) is 17.0 Å². The summed E-state index contributed by atoms with van der Waals surface area (Å²) in [4.78, 5) is 24.5. The van der Waals surface area contributed by atoms with Crippen LogP contribution in [0.25, 0.3) is 5.13 Å². The molecule has 11 nitrogen and oxygen atoms in total. The van der Waals surface area contributed by atoms with Crippen molar-refractivity contribution in [2.75, 3.05) is 24.3 Å². The van der Waals surface area contributed by atoms with Gasteiger partial charge in [0.05, 0.1) is 25.3 Å². The van der Waals surface area contributed by atoms with E-state index in [-0.39, 0.29) is 35.3 Å². The normalized spacial score (nSPS) is 10.3. The quantitative estimate of drug-likeness (QED) is 0.563. The lowest BCUT2D eigenvalue weighted by atomic mass is 10.3. The molecule has 3 aromatic rings. The van der Waals surface area contributed by atoms with Crippen molar-refractivity contribution in [3.8, 4) is 17.0 Å². The first-order valence-electron chi connectivity index (χ1n) is 8.02. The number of hydrogen-bond acceptors (Lipinski definition) is 10. The number of carbonyl (C=O) groups excluding carboxylic acids is 1. The second-order valence-corrected chi connectivity index (χ2v) is 6.36. The van der Waals surface area contributed by atoms with Gasteiger partial charge >= 0.3 is 5.63 Å². The molecule has 12 heteroatoms. The number of hydrogen-bond donors (Lipinski definition) is 2. The second-order valence-electron chi connectivity index (χ2n) is 5.41. The third kappa shape index (κ3) is 3.99. The van der Waals surface area contributed by atoms with Crippen LogP contribution in [-0.2, 0) is 0 Å². The Morgan fingerprint density at radius 2 is 2.29 bits per heavy atom. The zero-order chi connectivity index (χ0) is 20.1. The molecule has 0 bridgehead atoms. The molecule has 3 heterocycles. The highest BCUT2D eigenvalue weighted by Crippen LogP contribution is 2.23. The van der Waals surface area contributed by atoms with Crippen LogP contribution in [0.15, 0.2) is 27.5 Å². The van der Waals surface area contributed by atoms with Gasteiger partial charge in [-0.15, -0.1) is 10.2 Å². The first-order valence-corrected chi connectivity index (χ1v) is 8.84. The zero-order valence-electron chi connectivity index (χ0n) is 14.9. The van der Waals surface area contributed by atoms with Gasteiger partial charge < -0.3 is 14.5 Å².